The average Bonchev–Trinajstić information content (AvgIpc) is 2.43. The molecule has 0 saturated carbocycles. The number of rotatable bonds is 5. The Kier molecular flexibility index (Phi) is 5.62. The molecule has 0 saturated heterocycles. The fraction of sp³-hybridized carbons (Fsp3) is 0.250. The number of benzene rings is 2. The van der Waals surface area contributed by atoms with E-state index in [1.165, 1.54) is 6.07 Å². The summed E-state index contributed by atoms with van der Waals surface area (Å²) in [4.78, 5) is 0. The van der Waals surface area contributed by atoms with Gasteiger partial charge in [-0.15, -0.1) is 0 Å². The standard InChI is InChI=1S/C16H16BrClFNO/c1-3-20-10(2)13-6-4-11(8-15(13)18)21-12-5-7-14(17)16(19)9-12/h4-10,20H,3H2,1-2H3. The van der Waals surface area contributed by atoms with Gasteiger partial charge in [0.1, 0.15) is 17.3 Å². The summed E-state index contributed by atoms with van der Waals surface area (Å²) in [6, 6.07) is 10.3. The molecule has 0 aliphatic rings. The zero-order valence-corrected chi connectivity index (χ0v) is 14.1. The number of nitrogens with one attached hydrogen (secondary N) is 1. The molecule has 0 bridgehead atoms. The molecule has 2 rings (SSSR count). The smallest absolute Gasteiger partial charge is 0.141 e. The van der Waals surface area contributed by atoms with Crippen LogP contribution in [0.5, 0.6) is 11.5 Å². The SMILES string of the molecule is CCNC(C)c1ccc(Oc2ccc(Br)c(F)c2)cc1Cl. The van der Waals surface area contributed by atoms with Gasteiger partial charge >= 0.3 is 0 Å². The van der Waals surface area contributed by atoms with Crippen molar-refractivity contribution < 1.29 is 9.13 Å². The second-order valence-corrected chi connectivity index (χ2v) is 5.90. The van der Waals surface area contributed by atoms with Crippen LogP contribution in [0.3, 0.4) is 0 Å². The first-order chi connectivity index (χ1) is 10.0. The molecule has 2 aromatic carbocycles. The Morgan fingerprint density at radius 2 is 1.90 bits per heavy atom. The highest BCUT2D eigenvalue weighted by Crippen LogP contribution is 2.31. The third kappa shape index (κ3) is 4.19. The predicted octanol–water partition coefficient (Wildman–Crippen LogP) is 5.70. The summed E-state index contributed by atoms with van der Waals surface area (Å²) >= 11 is 9.39. The second-order valence-electron chi connectivity index (χ2n) is 4.64. The molecule has 0 aliphatic heterocycles. The van der Waals surface area contributed by atoms with Gasteiger partial charge in [0.15, 0.2) is 0 Å². The van der Waals surface area contributed by atoms with Crippen LogP contribution in [0.2, 0.25) is 5.02 Å². The van der Waals surface area contributed by atoms with Gasteiger partial charge in [-0.25, -0.2) is 4.39 Å². The quantitative estimate of drug-likeness (QED) is 0.726. The number of hydrogen-bond acceptors (Lipinski definition) is 2. The van der Waals surface area contributed by atoms with Crippen LogP contribution in [-0.2, 0) is 0 Å². The summed E-state index contributed by atoms with van der Waals surface area (Å²) in [5, 5.41) is 3.93. The Hall–Kier alpha value is -1.10. The summed E-state index contributed by atoms with van der Waals surface area (Å²) in [7, 11) is 0. The summed E-state index contributed by atoms with van der Waals surface area (Å²) < 4.78 is 19.5. The molecule has 0 aromatic heterocycles. The highest BCUT2D eigenvalue weighted by atomic mass is 79.9. The Morgan fingerprint density at radius 1 is 1.24 bits per heavy atom. The molecule has 1 N–H and O–H groups in total. The van der Waals surface area contributed by atoms with Gasteiger partial charge in [-0.05, 0) is 59.2 Å². The first kappa shape index (κ1) is 16.3. The van der Waals surface area contributed by atoms with Crippen molar-refractivity contribution in [3.05, 3.63) is 57.3 Å². The van der Waals surface area contributed by atoms with Crippen LogP contribution in [0, 0.1) is 5.82 Å². The number of ether oxygens (including phenoxy) is 1. The minimum absolute atomic E-state index is 0.168. The molecule has 0 aliphatic carbocycles. The summed E-state index contributed by atoms with van der Waals surface area (Å²) in [5.74, 6) is 0.643. The van der Waals surface area contributed by atoms with Gasteiger partial charge in [-0.1, -0.05) is 24.6 Å². The van der Waals surface area contributed by atoms with Crippen molar-refractivity contribution in [1.29, 1.82) is 0 Å². The van der Waals surface area contributed by atoms with E-state index < -0.39 is 0 Å². The third-order valence-corrected chi connectivity index (χ3v) is 4.05. The lowest BCUT2D eigenvalue weighted by Crippen LogP contribution is -2.17. The van der Waals surface area contributed by atoms with Crippen LogP contribution in [0.1, 0.15) is 25.5 Å². The lowest BCUT2D eigenvalue weighted by Gasteiger charge is -2.15. The second kappa shape index (κ2) is 7.25. The van der Waals surface area contributed by atoms with Gasteiger partial charge in [-0.3, -0.25) is 0 Å². The predicted molar refractivity (Wildman–Crippen MR) is 87.7 cm³/mol. The highest BCUT2D eigenvalue weighted by molar-refractivity contribution is 9.10. The lowest BCUT2D eigenvalue weighted by atomic mass is 10.1. The van der Waals surface area contributed by atoms with E-state index in [9.17, 15) is 4.39 Å². The maximum Gasteiger partial charge on any atom is 0.141 e. The minimum Gasteiger partial charge on any atom is -0.457 e. The topological polar surface area (TPSA) is 21.3 Å². The van der Waals surface area contributed by atoms with Crippen molar-refractivity contribution in [2.45, 2.75) is 19.9 Å². The van der Waals surface area contributed by atoms with Crippen molar-refractivity contribution in [1.82, 2.24) is 5.32 Å². The highest BCUT2D eigenvalue weighted by Gasteiger charge is 2.10. The van der Waals surface area contributed by atoms with E-state index in [0.29, 0.717) is 21.0 Å². The van der Waals surface area contributed by atoms with Crippen molar-refractivity contribution in [3.8, 4) is 11.5 Å². The molecule has 0 radical (unpaired) electrons. The van der Waals surface area contributed by atoms with Crippen molar-refractivity contribution in [2.24, 2.45) is 0 Å². The molecular weight excluding hydrogens is 357 g/mol. The van der Waals surface area contributed by atoms with Gasteiger partial charge in [0.25, 0.3) is 0 Å². The normalized spacial score (nSPS) is 12.2. The van der Waals surface area contributed by atoms with E-state index in [1.807, 2.05) is 19.1 Å². The van der Waals surface area contributed by atoms with Crippen LogP contribution in [0.25, 0.3) is 0 Å². The molecule has 0 amide bonds. The minimum atomic E-state index is -0.365. The number of hydrogen-bond donors (Lipinski definition) is 1. The van der Waals surface area contributed by atoms with Crippen LogP contribution in [0.15, 0.2) is 40.9 Å². The van der Waals surface area contributed by atoms with Crippen molar-refractivity contribution in [2.75, 3.05) is 6.54 Å². The monoisotopic (exact) mass is 371 g/mol. The van der Waals surface area contributed by atoms with Gasteiger partial charge < -0.3 is 10.1 Å². The molecule has 2 aromatic rings. The van der Waals surface area contributed by atoms with Crippen molar-refractivity contribution >= 4 is 27.5 Å². The summed E-state index contributed by atoms with van der Waals surface area (Å²) in [6.07, 6.45) is 0. The van der Waals surface area contributed by atoms with Crippen LogP contribution < -0.4 is 10.1 Å². The Balaban J connectivity index is 2.18. The zero-order chi connectivity index (χ0) is 15.4. The van der Waals surface area contributed by atoms with E-state index in [-0.39, 0.29) is 11.9 Å². The zero-order valence-electron chi connectivity index (χ0n) is 11.8. The Bertz CT molecular complexity index is 636. The van der Waals surface area contributed by atoms with Crippen LogP contribution >= 0.6 is 27.5 Å². The molecule has 112 valence electrons. The molecule has 2 nitrogen and oxygen atoms in total. The fourth-order valence-corrected chi connectivity index (χ4v) is 2.60. The maximum absolute atomic E-state index is 13.5. The van der Waals surface area contributed by atoms with E-state index in [4.69, 9.17) is 16.3 Å². The van der Waals surface area contributed by atoms with Crippen molar-refractivity contribution in [3.63, 3.8) is 0 Å². The lowest BCUT2D eigenvalue weighted by molar-refractivity contribution is 0.475. The molecule has 0 fully saturated rings. The van der Waals surface area contributed by atoms with Gasteiger partial charge in [0.05, 0.1) is 4.47 Å². The fourth-order valence-electron chi connectivity index (χ4n) is 2.02. The van der Waals surface area contributed by atoms with Gasteiger partial charge in [0, 0.05) is 17.1 Å². The molecule has 0 heterocycles. The summed E-state index contributed by atoms with van der Waals surface area (Å²) in [5.41, 5.74) is 1.01. The summed E-state index contributed by atoms with van der Waals surface area (Å²) in [6.45, 7) is 4.97. The first-order valence-electron chi connectivity index (χ1n) is 6.67. The number of halogens is 3. The van der Waals surface area contributed by atoms with E-state index in [0.717, 1.165) is 12.1 Å². The third-order valence-electron chi connectivity index (χ3n) is 3.08. The van der Waals surface area contributed by atoms with Crippen LogP contribution in [0.4, 0.5) is 4.39 Å². The maximum atomic E-state index is 13.5. The van der Waals surface area contributed by atoms with Gasteiger partial charge in [0.2, 0.25) is 0 Å². The average molecular weight is 373 g/mol. The molecule has 1 unspecified atom stereocenters. The van der Waals surface area contributed by atoms with E-state index in [1.54, 1.807) is 18.2 Å². The van der Waals surface area contributed by atoms with E-state index in [2.05, 4.69) is 28.2 Å². The molecule has 21 heavy (non-hydrogen) atoms. The largest absolute Gasteiger partial charge is 0.457 e. The molecule has 0 spiro atoms. The Labute approximate surface area is 137 Å². The Morgan fingerprint density at radius 3 is 2.52 bits per heavy atom. The van der Waals surface area contributed by atoms with E-state index >= 15 is 0 Å². The molecule has 1 atom stereocenters. The molecular formula is C16H16BrClFNO. The van der Waals surface area contributed by atoms with Gasteiger partial charge in [-0.2, -0.15) is 0 Å². The molecule has 5 heteroatoms. The van der Waals surface area contributed by atoms with Crippen LogP contribution in [-0.4, -0.2) is 6.54 Å². The first-order valence-corrected chi connectivity index (χ1v) is 7.84.